The van der Waals surface area contributed by atoms with Gasteiger partial charge in [0.05, 0.1) is 36.8 Å². The largest absolute Gasteiger partial charge is 0.495 e. The number of sulfonamides is 1. The molecule has 1 amide bonds. The number of esters is 1. The molecule has 3 aromatic rings. The van der Waals surface area contributed by atoms with Crippen molar-refractivity contribution in [2.24, 2.45) is 5.16 Å². The predicted octanol–water partition coefficient (Wildman–Crippen LogP) is 3.64. The average molecular weight is 677 g/mol. The molecule has 1 heterocycles. The Morgan fingerprint density at radius 2 is 1.75 bits per heavy atom. The summed E-state index contributed by atoms with van der Waals surface area (Å²) in [5.41, 5.74) is 3.65. The van der Waals surface area contributed by atoms with Crippen molar-refractivity contribution >= 4 is 51.0 Å². The SMILES string of the molecule is COCCOC(=O)c1cccc(C(=O)Nc2ccc(C3=NOC(=O)C3=CC=Cc3ccc(N(C)CCNS(C)(=O)=O)cc3)cc2OC)c1. The maximum atomic E-state index is 13.0. The number of nitrogens with zero attached hydrogens (tertiary/aromatic N) is 2. The third-order valence-corrected chi connectivity index (χ3v) is 7.72. The van der Waals surface area contributed by atoms with Crippen molar-refractivity contribution in [1.82, 2.24) is 4.72 Å². The van der Waals surface area contributed by atoms with Crippen LogP contribution in [-0.4, -0.2) is 85.8 Å². The zero-order valence-corrected chi connectivity index (χ0v) is 27.7. The van der Waals surface area contributed by atoms with Crippen molar-refractivity contribution in [2.75, 3.05) is 64.0 Å². The summed E-state index contributed by atoms with van der Waals surface area (Å²) in [6.45, 7) is 1.14. The molecule has 1 aliphatic heterocycles. The number of allylic oxidation sites excluding steroid dienone is 2. The normalized spacial score (nSPS) is 13.7. The molecular weight excluding hydrogens is 640 g/mol. The predicted molar refractivity (Wildman–Crippen MR) is 182 cm³/mol. The minimum absolute atomic E-state index is 0.0908. The van der Waals surface area contributed by atoms with E-state index >= 15 is 0 Å². The number of anilines is 2. The highest BCUT2D eigenvalue weighted by Crippen LogP contribution is 2.29. The van der Waals surface area contributed by atoms with Crippen molar-refractivity contribution in [3.63, 3.8) is 0 Å². The van der Waals surface area contributed by atoms with Gasteiger partial charge >= 0.3 is 11.9 Å². The van der Waals surface area contributed by atoms with Crippen molar-refractivity contribution in [1.29, 1.82) is 0 Å². The fraction of sp³-hybridized carbons (Fsp3) is 0.235. The topological polar surface area (TPSA) is 162 Å². The molecule has 3 aromatic carbocycles. The fourth-order valence-corrected chi connectivity index (χ4v) is 4.95. The summed E-state index contributed by atoms with van der Waals surface area (Å²) < 4.78 is 40.5. The van der Waals surface area contributed by atoms with Gasteiger partial charge in [-0.2, -0.15) is 0 Å². The standard InChI is InChI=1S/C34H36N4O9S/c1-38(18-17-35-48(4,42)43)27-14-11-23(12-15-27)7-5-10-28-31(37-47-34(28)41)24-13-16-29(30(22-24)45-3)36-32(39)25-8-6-9-26(21-25)33(40)46-20-19-44-2/h5-16,21-22,35H,17-20H2,1-4H3,(H,36,39). The molecule has 0 aromatic heterocycles. The maximum absolute atomic E-state index is 13.0. The van der Waals surface area contributed by atoms with Crippen LogP contribution < -0.4 is 19.7 Å². The van der Waals surface area contributed by atoms with E-state index in [1.54, 1.807) is 48.6 Å². The van der Waals surface area contributed by atoms with Crippen LogP contribution in [0.25, 0.3) is 6.08 Å². The van der Waals surface area contributed by atoms with Crippen LogP contribution in [0.3, 0.4) is 0 Å². The number of carbonyl (C=O) groups is 3. The highest BCUT2D eigenvalue weighted by atomic mass is 32.2. The number of carbonyl (C=O) groups excluding carboxylic acids is 3. The van der Waals surface area contributed by atoms with Gasteiger partial charge in [-0.1, -0.05) is 41.6 Å². The van der Waals surface area contributed by atoms with Crippen LogP contribution in [-0.2, 0) is 29.1 Å². The lowest BCUT2D eigenvalue weighted by Crippen LogP contribution is -2.32. The van der Waals surface area contributed by atoms with Gasteiger partial charge in [0.1, 0.15) is 18.1 Å². The van der Waals surface area contributed by atoms with Crippen LogP contribution >= 0.6 is 0 Å². The van der Waals surface area contributed by atoms with E-state index in [0.717, 1.165) is 17.5 Å². The van der Waals surface area contributed by atoms with E-state index in [4.69, 9.17) is 19.0 Å². The van der Waals surface area contributed by atoms with Crippen LogP contribution in [0.1, 0.15) is 31.8 Å². The molecule has 252 valence electrons. The van der Waals surface area contributed by atoms with Gasteiger partial charge in [0.15, 0.2) is 0 Å². The first kappa shape index (κ1) is 35.5. The van der Waals surface area contributed by atoms with E-state index in [0.29, 0.717) is 29.3 Å². The van der Waals surface area contributed by atoms with Gasteiger partial charge in [-0.05, 0) is 54.1 Å². The molecule has 2 N–H and O–H groups in total. The van der Waals surface area contributed by atoms with Gasteiger partial charge in [-0.3, -0.25) is 4.79 Å². The number of hydrogen-bond acceptors (Lipinski definition) is 11. The third kappa shape index (κ3) is 9.84. The number of nitrogens with one attached hydrogen (secondary N) is 2. The van der Waals surface area contributed by atoms with Crippen LogP contribution in [0.5, 0.6) is 5.75 Å². The first-order valence-electron chi connectivity index (χ1n) is 14.7. The Hall–Kier alpha value is -5.31. The molecule has 0 saturated carbocycles. The van der Waals surface area contributed by atoms with Crippen LogP contribution in [0.15, 0.2) is 89.6 Å². The van der Waals surface area contributed by atoms with E-state index < -0.39 is 27.9 Å². The lowest BCUT2D eigenvalue weighted by molar-refractivity contribution is -0.136. The monoisotopic (exact) mass is 676 g/mol. The smallest absolute Gasteiger partial charge is 0.368 e. The molecule has 0 spiro atoms. The molecule has 13 nitrogen and oxygen atoms in total. The molecular formula is C34H36N4O9S. The summed E-state index contributed by atoms with van der Waals surface area (Å²) in [6.07, 6.45) is 6.24. The zero-order chi connectivity index (χ0) is 34.7. The lowest BCUT2D eigenvalue weighted by atomic mass is 10.0. The average Bonchev–Trinajstić information content (AvgIpc) is 3.44. The number of methoxy groups -OCH3 is 2. The van der Waals surface area contributed by atoms with E-state index in [-0.39, 0.29) is 36.5 Å². The summed E-state index contributed by atoms with van der Waals surface area (Å²) in [6, 6.07) is 18.7. The number of likely N-dealkylation sites (N-methyl/N-ethyl adjacent to an activating group) is 1. The number of oxime groups is 1. The minimum Gasteiger partial charge on any atom is -0.495 e. The number of benzene rings is 3. The number of amides is 1. The summed E-state index contributed by atoms with van der Waals surface area (Å²) in [5.74, 6) is -1.36. The van der Waals surface area contributed by atoms with E-state index in [2.05, 4.69) is 15.2 Å². The third-order valence-electron chi connectivity index (χ3n) is 7.00. The summed E-state index contributed by atoms with van der Waals surface area (Å²) >= 11 is 0. The molecule has 0 saturated heterocycles. The fourth-order valence-electron chi connectivity index (χ4n) is 4.49. The second-order valence-electron chi connectivity index (χ2n) is 10.5. The van der Waals surface area contributed by atoms with E-state index in [1.165, 1.54) is 20.3 Å². The summed E-state index contributed by atoms with van der Waals surface area (Å²) in [5, 5.41) is 6.74. The molecule has 0 radical (unpaired) electrons. The van der Waals surface area contributed by atoms with Gasteiger partial charge in [-0.25, -0.2) is 22.7 Å². The second kappa shape index (κ2) is 16.5. The molecule has 0 aliphatic carbocycles. The maximum Gasteiger partial charge on any atom is 0.368 e. The number of hydrogen-bond donors (Lipinski definition) is 2. The van der Waals surface area contributed by atoms with Crippen LogP contribution in [0.4, 0.5) is 11.4 Å². The van der Waals surface area contributed by atoms with E-state index in [1.807, 2.05) is 42.3 Å². The molecule has 0 fully saturated rings. The highest BCUT2D eigenvalue weighted by molar-refractivity contribution is 7.88. The Labute approximate surface area is 278 Å². The van der Waals surface area contributed by atoms with Crippen LogP contribution in [0, 0.1) is 0 Å². The van der Waals surface area contributed by atoms with Gasteiger partial charge in [0.2, 0.25) is 10.0 Å². The van der Waals surface area contributed by atoms with Crippen molar-refractivity contribution < 1.29 is 41.8 Å². The first-order chi connectivity index (χ1) is 23.0. The Morgan fingerprint density at radius 3 is 2.46 bits per heavy atom. The first-order valence-corrected chi connectivity index (χ1v) is 16.6. The molecule has 1 aliphatic rings. The van der Waals surface area contributed by atoms with Gasteiger partial charge < -0.3 is 29.3 Å². The highest BCUT2D eigenvalue weighted by Gasteiger charge is 2.27. The number of rotatable bonds is 15. The Morgan fingerprint density at radius 1 is 1.00 bits per heavy atom. The molecule has 0 unspecified atom stereocenters. The Balaban J connectivity index is 1.43. The van der Waals surface area contributed by atoms with Gasteiger partial charge in [-0.15, -0.1) is 0 Å². The summed E-state index contributed by atoms with van der Waals surface area (Å²) in [7, 11) is 1.56. The summed E-state index contributed by atoms with van der Waals surface area (Å²) in [4.78, 5) is 44.8. The van der Waals surface area contributed by atoms with Crippen LogP contribution in [0.2, 0.25) is 0 Å². The second-order valence-corrected chi connectivity index (χ2v) is 12.3. The minimum atomic E-state index is -3.25. The number of ether oxygens (including phenoxy) is 3. The quantitative estimate of drug-likeness (QED) is 0.105. The molecule has 14 heteroatoms. The van der Waals surface area contributed by atoms with E-state index in [9.17, 15) is 22.8 Å². The molecule has 0 atom stereocenters. The molecule has 48 heavy (non-hydrogen) atoms. The van der Waals surface area contributed by atoms with Gasteiger partial charge in [0, 0.05) is 44.1 Å². The van der Waals surface area contributed by atoms with Crippen molar-refractivity contribution in [2.45, 2.75) is 0 Å². The van der Waals surface area contributed by atoms with Gasteiger partial charge in [0.25, 0.3) is 5.91 Å². The Kier molecular flexibility index (Phi) is 12.2. The van der Waals surface area contributed by atoms with Crippen molar-refractivity contribution in [3.8, 4) is 5.75 Å². The Bertz CT molecular complexity index is 1850. The lowest BCUT2D eigenvalue weighted by Gasteiger charge is -2.19. The molecule has 0 bridgehead atoms. The molecule has 4 rings (SSSR count). The zero-order valence-electron chi connectivity index (χ0n) is 26.9. The van der Waals surface area contributed by atoms with Crippen molar-refractivity contribution in [3.05, 3.63) is 107 Å².